The standard InChI is InChI=1S/C33H58N2O3/c1-23(2)8-6-9-24(3)28-12-13-29-27-11-10-25-22-26(38-31(37)35-19-7-18-34-20-21-36)14-16-32(25,4)30(27)15-17-33(28,29)5/h10,23-24,26-30,34,36H,6-9,11-22H2,1-5H3,(H,35,37)/t24-,26+,27+,28-,29+,30+,32+,33-/m1/s1. The number of carbonyl (C=O) groups is 1. The molecule has 4 aliphatic carbocycles. The van der Waals surface area contributed by atoms with Crippen LogP contribution in [0.2, 0.25) is 0 Å². The van der Waals surface area contributed by atoms with Gasteiger partial charge in [-0.25, -0.2) is 4.79 Å². The number of allylic oxidation sites excluding steroid dienone is 1. The Morgan fingerprint density at radius 1 is 1.03 bits per heavy atom. The highest BCUT2D eigenvalue weighted by Gasteiger charge is 2.59. The first-order valence-electron chi connectivity index (χ1n) is 16.1. The zero-order chi connectivity index (χ0) is 27.3. The summed E-state index contributed by atoms with van der Waals surface area (Å²) in [6, 6.07) is 0. The number of nitrogens with one attached hydrogen (secondary N) is 2. The molecular weight excluding hydrogens is 472 g/mol. The number of aliphatic hydroxyl groups excluding tert-OH is 1. The van der Waals surface area contributed by atoms with E-state index < -0.39 is 0 Å². The maximum absolute atomic E-state index is 12.4. The third-order valence-corrected chi connectivity index (χ3v) is 11.6. The Morgan fingerprint density at radius 3 is 2.61 bits per heavy atom. The molecule has 1 amide bonds. The molecule has 0 aromatic carbocycles. The molecule has 4 aliphatic rings. The molecular formula is C33H58N2O3. The van der Waals surface area contributed by atoms with E-state index in [1.165, 1.54) is 51.4 Å². The van der Waals surface area contributed by atoms with E-state index >= 15 is 0 Å². The summed E-state index contributed by atoms with van der Waals surface area (Å²) in [7, 11) is 0. The van der Waals surface area contributed by atoms with Crippen LogP contribution in [-0.2, 0) is 4.74 Å². The maximum Gasteiger partial charge on any atom is 0.407 e. The minimum absolute atomic E-state index is 0.00907. The monoisotopic (exact) mass is 530 g/mol. The average molecular weight is 531 g/mol. The lowest BCUT2D eigenvalue weighted by Crippen LogP contribution is -2.51. The summed E-state index contributed by atoms with van der Waals surface area (Å²) >= 11 is 0. The number of alkyl carbamates (subject to hydrolysis) is 1. The first-order valence-corrected chi connectivity index (χ1v) is 16.1. The second kappa shape index (κ2) is 13.1. The van der Waals surface area contributed by atoms with Crippen LogP contribution >= 0.6 is 0 Å². The van der Waals surface area contributed by atoms with Gasteiger partial charge in [-0.15, -0.1) is 0 Å². The maximum atomic E-state index is 12.4. The fraction of sp³-hybridized carbons (Fsp3) is 0.909. The highest BCUT2D eigenvalue weighted by Crippen LogP contribution is 2.67. The highest BCUT2D eigenvalue weighted by molar-refractivity contribution is 5.67. The van der Waals surface area contributed by atoms with Crippen molar-refractivity contribution >= 4 is 6.09 Å². The van der Waals surface area contributed by atoms with Gasteiger partial charge in [0.05, 0.1) is 6.61 Å². The summed E-state index contributed by atoms with van der Waals surface area (Å²) in [6.07, 6.45) is 17.3. The largest absolute Gasteiger partial charge is 0.446 e. The lowest BCUT2D eigenvalue weighted by Gasteiger charge is -2.58. The first kappa shape index (κ1) is 29.9. The molecule has 0 radical (unpaired) electrons. The Morgan fingerprint density at radius 2 is 1.84 bits per heavy atom. The van der Waals surface area contributed by atoms with Crippen LogP contribution in [0.15, 0.2) is 11.6 Å². The molecule has 0 aromatic rings. The molecule has 218 valence electrons. The van der Waals surface area contributed by atoms with E-state index in [4.69, 9.17) is 9.84 Å². The molecule has 5 heteroatoms. The SMILES string of the molecule is CC(C)CCC[C@@H](C)[C@H]1CC[C@H]2[C@@H]3CC=C4C[C@@H](OC(=O)NCCCNCCO)CC[C@]4(C)[C@H]3CC[C@]12C. The van der Waals surface area contributed by atoms with Crippen molar-refractivity contribution in [2.75, 3.05) is 26.2 Å². The topological polar surface area (TPSA) is 70.6 Å². The summed E-state index contributed by atoms with van der Waals surface area (Å²) in [5, 5.41) is 14.9. The van der Waals surface area contributed by atoms with Gasteiger partial charge in [-0.05, 0) is 104 Å². The van der Waals surface area contributed by atoms with Crippen LogP contribution in [0.5, 0.6) is 0 Å². The van der Waals surface area contributed by atoms with Crippen LogP contribution in [0.4, 0.5) is 4.79 Å². The van der Waals surface area contributed by atoms with Crippen molar-refractivity contribution in [3.05, 3.63) is 11.6 Å². The molecule has 0 aliphatic heterocycles. The smallest absolute Gasteiger partial charge is 0.407 e. The molecule has 38 heavy (non-hydrogen) atoms. The van der Waals surface area contributed by atoms with E-state index in [9.17, 15) is 4.79 Å². The van der Waals surface area contributed by atoms with E-state index in [2.05, 4.69) is 51.3 Å². The zero-order valence-electron chi connectivity index (χ0n) is 25.2. The number of hydrogen-bond donors (Lipinski definition) is 3. The lowest BCUT2D eigenvalue weighted by molar-refractivity contribution is -0.0581. The molecule has 5 nitrogen and oxygen atoms in total. The summed E-state index contributed by atoms with van der Waals surface area (Å²) in [5.41, 5.74) is 2.41. The van der Waals surface area contributed by atoms with Gasteiger partial charge in [0.25, 0.3) is 0 Å². The number of rotatable bonds is 12. The van der Waals surface area contributed by atoms with E-state index in [-0.39, 0.29) is 18.8 Å². The number of fused-ring (bicyclic) bond motifs is 5. The van der Waals surface area contributed by atoms with Crippen molar-refractivity contribution in [3.8, 4) is 0 Å². The van der Waals surface area contributed by atoms with Gasteiger partial charge in [-0.3, -0.25) is 0 Å². The average Bonchev–Trinajstić information content (AvgIpc) is 3.23. The van der Waals surface area contributed by atoms with Crippen molar-refractivity contribution in [1.29, 1.82) is 0 Å². The van der Waals surface area contributed by atoms with E-state index in [0.29, 0.717) is 23.9 Å². The predicted molar refractivity (Wildman–Crippen MR) is 156 cm³/mol. The second-order valence-corrected chi connectivity index (χ2v) is 14.3. The number of hydrogen-bond acceptors (Lipinski definition) is 4. The molecule has 3 fully saturated rings. The van der Waals surface area contributed by atoms with Crippen LogP contribution in [-0.4, -0.2) is 43.5 Å². The van der Waals surface area contributed by atoms with E-state index in [1.54, 1.807) is 5.57 Å². The summed E-state index contributed by atoms with van der Waals surface area (Å²) in [4.78, 5) is 12.4. The lowest BCUT2D eigenvalue weighted by atomic mass is 9.47. The summed E-state index contributed by atoms with van der Waals surface area (Å²) < 4.78 is 5.87. The molecule has 4 rings (SSSR count). The van der Waals surface area contributed by atoms with E-state index in [0.717, 1.165) is 67.7 Å². The Labute approximate surface area is 233 Å². The second-order valence-electron chi connectivity index (χ2n) is 14.3. The number of aliphatic hydroxyl groups is 1. The zero-order valence-corrected chi connectivity index (χ0v) is 25.2. The number of ether oxygens (including phenoxy) is 1. The Kier molecular flexibility index (Phi) is 10.3. The normalized spacial score (nSPS) is 37.1. The van der Waals surface area contributed by atoms with Gasteiger partial charge in [0.1, 0.15) is 6.10 Å². The molecule has 0 spiro atoms. The van der Waals surface area contributed by atoms with Crippen LogP contribution < -0.4 is 10.6 Å². The predicted octanol–water partition coefficient (Wildman–Crippen LogP) is 7.09. The minimum Gasteiger partial charge on any atom is -0.446 e. The fourth-order valence-electron chi connectivity index (χ4n) is 9.55. The third-order valence-electron chi connectivity index (χ3n) is 11.6. The van der Waals surface area contributed by atoms with E-state index in [1.807, 2.05) is 0 Å². The molecule has 0 heterocycles. The third kappa shape index (κ3) is 6.45. The highest BCUT2D eigenvalue weighted by atomic mass is 16.6. The fourth-order valence-corrected chi connectivity index (χ4v) is 9.55. The molecule has 0 unspecified atom stereocenters. The Hall–Kier alpha value is -1.07. The molecule has 3 saturated carbocycles. The van der Waals surface area contributed by atoms with Crippen molar-refractivity contribution in [1.82, 2.24) is 10.6 Å². The van der Waals surface area contributed by atoms with Gasteiger partial charge in [0, 0.05) is 19.5 Å². The van der Waals surface area contributed by atoms with Crippen LogP contribution in [0.3, 0.4) is 0 Å². The minimum atomic E-state index is -0.275. The van der Waals surface area contributed by atoms with Crippen molar-refractivity contribution in [2.45, 2.75) is 118 Å². The summed E-state index contributed by atoms with van der Waals surface area (Å²) in [6.45, 7) is 14.7. The van der Waals surface area contributed by atoms with Crippen molar-refractivity contribution in [2.24, 2.45) is 46.3 Å². The number of carbonyl (C=O) groups excluding carboxylic acids is 1. The molecule has 3 N–H and O–H groups in total. The van der Waals surface area contributed by atoms with Crippen LogP contribution in [0.25, 0.3) is 0 Å². The Bertz CT molecular complexity index is 812. The van der Waals surface area contributed by atoms with Crippen LogP contribution in [0, 0.1) is 46.3 Å². The van der Waals surface area contributed by atoms with Gasteiger partial charge >= 0.3 is 6.09 Å². The van der Waals surface area contributed by atoms with Gasteiger partial charge in [-0.2, -0.15) is 0 Å². The molecule has 0 saturated heterocycles. The van der Waals surface area contributed by atoms with Gasteiger partial charge in [0.15, 0.2) is 0 Å². The summed E-state index contributed by atoms with van der Waals surface area (Å²) in [5.74, 6) is 5.13. The molecule has 0 aromatic heterocycles. The number of amides is 1. The molecule has 8 atom stereocenters. The Balaban J connectivity index is 1.31. The molecule has 0 bridgehead atoms. The quantitative estimate of drug-likeness (QED) is 0.186. The van der Waals surface area contributed by atoms with Crippen LogP contribution in [0.1, 0.15) is 112 Å². The van der Waals surface area contributed by atoms with Gasteiger partial charge < -0.3 is 20.5 Å². The van der Waals surface area contributed by atoms with Gasteiger partial charge in [0.2, 0.25) is 0 Å². The van der Waals surface area contributed by atoms with Gasteiger partial charge in [-0.1, -0.05) is 65.5 Å². The van der Waals surface area contributed by atoms with Crippen molar-refractivity contribution in [3.63, 3.8) is 0 Å². The van der Waals surface area contributed by atoms with Crippen molar-refractivity contribution < 1.29 is 14.6 Å². The first-order chi connectivity index (χ1) is 18.2.